The second kappa shape index (κ2) is 6.83. The number of carbonyl (C=O) groups is 1. The van der Waals surface area contributed by atoms with Crippen LogP contribution in [0.5, 0.6) is 0 Å². The van der Waals surface area contributed by atoms with Gasteiger partial charge in [-0.05, 0) is 44.6 Å². The summed E-state index contributed by atoms with van der Waals surface area (Å²) < 4.78 is 6.86. The highest BCUT2D eigenvalue weighted by Gasteiger charge is 2.05. The summed E-state index contributed by atoms with van der Waals surface area (Å²) in [4.78, 5) is 16.1. The van der Waals surface area contributed by atoms with Gasteiger partial charge in [-0.1, -0.05) is 12.1 Å². The SMILES string of the molecule is CCC(C)n1ccnc1/C=C/C(=O)/C=C/c1conc1C. The van der Waals surface area contributed by atoms with Crippen molar-refractivity contribution in [3.8, 4) is 0 Å². The van der Waals surface area contributed by atoms with E-state index in [-0.39, 0.29) is 5.78 Å². The summed E-state index contributed by atoms with van der Waals surface area (Å²) in [5.41, 5.74) is 1.56. The molecular weight excluding hydrogens is 266 g/mol. The number of imidazole rings is 1. The molecule has 0 fully saturated rings. The van der Waals surface area contributed by atoms with Crippen LogP contribution in [0, 0.1) is 6.92 Å². The predicted molar refractivity (Wildman–Crippen MR) is 81.5 cm³/mol. The normalized spacial score (nSPS) is 13.3. The maximum atomic E-state index is 11.8. The lowest BCUT2D eigenvalue weighted by atomic mass is 10.2. The lowest BCUT2D eigenvalue weighted by molar-refractivity contribution is -0.110. The first kappa shape index (κ1) is 15.0. The molecule has 0 aliphatic carbocycles. The van der Waals surface area contributed by atoms with E-state index >= 15 is 0 Å². The fraction of sp³-hybridized carbons (Fsp3) is 0.312. The summed E-state index contributed by atoms with van der Waals surface area (Å²) >= 11 is 0. The number of aryl methyl sites for hydroxylation is 1. The van der Waals surface area contributed by atoms with Gasteiger partial charge < -0.3 is 9.09 Å². The number of allylic oxidation sites excluding steroid dienone is 2. The van der Waals surface area contributed by atoms with E-state index in [2.05, 4.69) is 28.6 Å². The molecule has 0 N–H and O–H groups in total. The van der Waals surface area contributed by atoms with Crippen molar-refractivity contribution in [2.75, 3.05) is 0 Å². The van der Waals surface area contributed by atoms with Crippen LogP contribution in [0.4, 0.5) is 0 Å². The molecule has 0 aromatic carbocycles. The van der Waals surface area contributed by atoms with E-state index in [9.17, 15) is 4.79 Å². The third-order valence-electron chi connectivity index (χ3n) is 3.38. The predicted octanol–water partition coefficient (Wildman–Crippen LogP) is 3.45. The van der Waals surface area contributed by atoms with Gasteiger partial charge in [-0.3, -0.25) is 4.79 Å². The number of nitrogens with zero attached hydrogens (tertiary/aromatic N) is 3. The van der Waals surface area contributed by atoms with Crippen molar-refractivity contribution in [1.29, 1.82) is 0 Å². The molecule has 0 saturated carbocycles. The summed E-state index contributed by atoms with van der Waals surface area (Å²) in [7, 11) is 0. The van der Waals surface area contributed by atoms with Gasteiger partial charge in [0, 0.05) is 24.0 Å². The Bertz CT molecular complexity index is 665. The summed E-state index contributed by atoms with van der Waals surface area (Å²) in [5, 5.41) is 3.75. The Balaban J connectivity index is 2.04. The molecule has 0 spiro atoms. The highest BCUT2D eigenvalue weighted by Crippen LogP contribution is 2.13. The Morgan fingerprint density at radius 2 is 2.19 bits per heavy atom. The average Bonchev–Trinajstić information content (AvgIpc) is 3.11. The summed E-state index contributed by atoms with van der Waals surface area (Å²) in [6.07, 6.45) is 12.6. The van der Waals surface area contributed by atoms with Gasteiger partial charge in [0.15, 0.2) is 5.78 Å². The molecule has 0 saturated heterocycles. The van der Waals surface area contributed by atoms with E-state index in [1.54, 1.807) is 18.3 Å². The first-order valence-corrected chi connectivity index (χ1v) is 6.95. The summed E-state index contributed by atoms with van der Waals surface area (Å²) in [5.74, 6) is 0.682. The van der Waals surface area contributed by atoms with Crippen molar-refractivity contribution in [2.24, 2.45) is 0 Å². The van der Waals surface area contributed by atoms with Crippen LogP contribution >= 0.6 is 0 Å². The monoisotopic (exact) mass is 285 g/mol. The maximum Gasteiger partial charge on any atom is 0.178 e. The zero-order chi connectivity index (χ0) is 15.2. The fourth-order valence-electron chi connectivity index (χ4n) is 1.87. The molecule has 5 heteroatoms. The molecule has 0 aliphatic heterocycles. The topological polar surface area (TPSA) is 60.9 Å². The Hall–Kier alpha value is -2.43. The van der Waals surface area contributed by atoms with Crippen molar-refractivity contribution < 1.29 is 9.32 Å². The molecule has 1 unspecified atom stereocenters. The van der Waals surface area contributed by atoms with E-state index in [1.807, 2.05) is 13.1 Å². The molecule has 2 rings (SSSR count). The van der Waals surface area contributed by atoms with Crippen molar-refractivity contribution in [2.45, 2.75) is 33.2 Å². The van der Waals surface area contributed by atoms with Crippen LogP contribution in [0.3, 0.4) is 0 Å². The van der Waals surface area contributed by atoms with Gasteiger partial charge in [-0.25, -0.2) is 4.98 Å². The zero-order valence-corrected chi connectivity index (χ0v) is 12.5. The minimum absolute atomic E-state index is 0.102. The van der Waals surface area contributed by atoms with E-state index in [0.29, 0.717) is 6.04 Å². The minimum Gasteiger partial charge on any atom is -0.364 e. The molecule has 21 heavy (non-hydrogen) atoms. The van der Waals surface area contributed by atoms with Crippen molar-refractivity contribution in [1.82, 2.24) is 14.7 Å². The summed E-state index contributed by atoms with van der Waals surface area (Å²) in [6, 6.07) is 0.359. The number of carbonyl (C=O) groups excluding carboxylic acids is 1. The summed E-state index contributed by atoms with van der Waals surface area (Å²) in [6.45, 7) is 6.06. The lowest BCUT2D eigenvalue weighted by Crippen LogP contribution is -2.04. The Morgan fingerprint density at radius 1 is 1.43 bits per heavy atom. The van der Waals surface area contributed by atoms with E-state index in [1.165, 1.54) is 18.4 Å². The van der Waals surface area contributed by atoms with Gasteiger partial charge in [0.05, 0.1) is 5.69 Å². The first-order valence-electron chi connectivity index (χ1n) is 6.95. The fourth-order valence-corrected chi connectivity index (χ4v) is 1.87. The molecule has 0 radical (unpaired) electrons. The van der Waals surface area contributed by atoms with E-state index < -0.39 is 0 Å². The third kappa shape index (κ3) is 3.78. The van der Waals surface area contributed by atoms with Crippen LogP contribution in [0.2, 0.25) is 0 Å². The smallest absolute Gasteiger partial charge is 0.178 e. The molecule has 0 bridgehead atoms. The molecule has 0 amide bonds. The average molecular weight is 285 g/mol. The van der Waals surface area contributed by atoms with E-state index in [4.69, 9.17) is 4.52 Å². The van der Waals surface area contributed by atoms with Gasteiger partial charge in [-0.2, -0.15) is 0 Å². The molecular formula is C16H19N3O2. The van der Waals surface area contributed by atoms with Crippen LogP contribution in [0.1, 0.15) is 43.4 Å². The third-order valence-corrected chi connectivity index (χ3v) is 3.38. The Morgan fingerprint density at radius 3 is 2.86 bits per heavy atom. The number of hydrogen-bond donors (Lipinski definition) is 0. The quantitative estimate of drug-likeness (QED) is 0.763. The number of aromatic nitrogens is 3. The molecule has 2 heterocycles. The maximum absolute atomic E-state index is 11.8. The van der Waals surface area contributed by atoms with Gasteiger partial charge >= 0.3 is 0 Å². The standard InChI is InChI=1S/C16H19N3O2/c1-4-12(2)19-10-9-17-16(19)8-7-15(20)6-5-14-11-21-18-13(14)3/h5-12H,4H2,1-3H3/b6-5+,8-7+. The lowest BCUT2D eigenvalue weighted by Gasteiger charge is -2.11. The van der Waals surface area contributed by atoms with Crippen LogP contribution in [-0.4, -0.2) is 20.5 Å². The van der Waals surface area contributed by atoms with Gasteiger partial charge in [0.1, 0.15) is 12.1 Å². The van der Waals surface area contributed by atoms with Crippen molar-refractivity contribution in [3.05, 3.63) is 47.9 Å². The number of hydrogen-bond acceptors (Lipinski definition) is 4. The van der Waals surface area contributed by atoms with Crippen LogP contribution < -0.4 is 0 Å². The molecule has 110 valence electrons. The van der Waals surface area contributed by atoms with Crippen molar-refractivity contribution in [3.63, 3.8) is 0 Å². The Labute approximate surface area is 124 Å². The zero-order valence-electron chi connectivity index (χ0n) is 12.5. The highest BCUT2D eigenvalue weighted by molar-refractivity contribution is 6.04. The largest absolute Gasteiger partial charge is 0.364 e. The Kier molecular flexibility index (Phi) is 4.87. The van der Waals surface area contributed by atoms with Gasteiger partial charge in [-0.15, -0.1) is 0 Å². The minimum atomic E-state index is -0.102. The van der Waals surface area contributed by atoms with E-state index in [0.717, 1.165) is 23.5 Å². The molecule has 2 aromatic rings. The molecule has 2 aromatic heterocycles. The number of ketones is 1. The van der Waals surface area contributed by atoms with Gasteiger partial charge in [0.25, 0.3) is 0 Å². The number of rotatable bonds is 6. The van der Waals surface area contributed by atoms with Crippen LogP contribution in [-0.2, 0) is 4.79 Å². The first-order chi connectivity index (χ1) is 10.1. The highest BCUT2D eigenvalue weighted by atomic mass is 16.5. The van der Waals surface area contributed by atoms with Crippen molar-refractivity contribution >= 4 is 17.9 Å². The second-order valence-electron chi connectivity index (χ2n) is 4.87. The second-order valence-corrected chi connectivity index (χ2v) is 4.87. The molecule has 1 atom stereocenters. The van der Waals surface area contributed by atoms with Gasteiger partial charge in [0.2, 0.25) is 0 Å². The van der Waals surface area contributed by atoms with Crippen LogP contribution in [0.25, 0.3) is 12.2 Å². The van der Waals surface area contributed by atoms with Crippen LogP contribution in [0.15, 0.2) is 35.3 Å². The molecule has 5 nitrogen and oxygen atoms in total. The molecule has 0 aliphatic rings.